The van der Waals surface area contributed by atoms with Gasteiger partial charge in [0.05, 0.1) is 18.2 Å². The van der Waals surface area contributed by atoms with E-state index < -0.39 is 0 Å². The largest absolute Gasteiger partial charge is 0.489 e. The summed E-state index contributed by atoms with van der Waals surface area (Å²) in [6.07, 6.45) is 0.339. The molecule has 120 valence electrons. The van der Waals surface area contributed by atoms with E-state index in [4.69, 9.17) is 17.0 Å². The SMILES string of the molecule is CC(C)Oc1ccccc1NC(=S)NC(=O)Cc1ccccc1. The Morgan fingerprint density at radius 1 is 1.09 bits per heavy atom. The van der Waals surface area contributed by atoms with Gasteiger partial charge in [0.2, 0.25) is 5.91 Å². The maximum Gasteiger partial charge on any atom is 0.230 e. The third-order valence-corrected chi connectivity index (χ3v) is 3.16. The van der Waals surface area contributed by atoms with Crippen LogP contribution in [-0.2, 0) is 11.2 Å². The minimum atomic E-state index is -0.157. The molecule has 0 spiro atoms. The van der Waals surface area contributed by atoms with E-state index in [2.05, 4.69) is 10.6 Å². The maximum absolute atomic E-state index is 12.0. The number of carbonyl (C=O) groups is 1. The average Bonchev–Trinajstić information content (AvgIpc) is 2.49. The highest BCUT2D eigenvalue weighted by Gasteiger charge is 2.09. The highest BCUT2D eigenvalue weighted by molar-refractivity contribution is 7.80. The monoisotopic (exact) mass is 328 g/mol. The number of ether oxygens (including phenoxy) is 1. The second-order valence-electron chi connectivity index (χ2n) is 5.33. The van der Waals surface area contributed by atoms with Gasteiger partial charge in [0, 0.05) is 0 Å². The molecule has 0 aliphatic carbocycles. The van der Waals surface area contributed by atoms with Gasteiger partial charge in [-0.3, -0.25) is 4.79 Å². The second kappa shape index (κ2) is 8.29. The molecule has 0 heterocycles. The van der Waals surface area contributed by atoms with E-state index in [0.717, 1.165) is 11.3 Å². The number of carbonyl (C=O) groups excluding carboxylic acids is 1. The molecule has 0 fully saturated rings. The van der Waals surface area contributed by atoms with Crippen molar-refractivity contribution in [1.29, 1.82) is 0 Å². The third-order valence-electron chi connectivity index (χ3n) is 2.96. The molecule has 0 saturated heterocycles. The highest BCUT2D eigenvalue weighted by Crippen LogP contribution is 2.24. The van der Waals surface area contributed by atoms with Gasteiger partial charge < -0.3 is 15.4 Å². The van der Waals surface area contributed by atoms with Crippen LogP contribution in [0, 0.1) is 0 Å². The standard InChI is InChI=1S/C18H20N2O2S/c1-13(2)22-16-11-7-6-10-15(16)19-18(23)20-17(21)12-14-8-4-3-5-9-14/h3-11,13H,12H2,1-2H3,(H2,19,20,21,23). The Morgan fingerprint density at radius 2 is 1.74 bits per heavy atom. The first-order chi connectivity index (χ1) is 11.0. The van der Waals surface area contributed by atoms with Crippen LogP contribution in [0.25, 0.3) is 0 Å². The fraction of sp³-hybridized carbons (Fsp3) is 0.222. The molecule has 2 N–H and O–H groups in total. The molecule has 2 aromatic rings. The molecule has 23 heavy (non-hydrogen) atoms. The summed E-state index contributed by atoms with van der Waals surface area (Å²) in [6, 6.07) is 17.0. The van der Waals surface area contributed by atoms with Crippen molar-refractivity contribution < 1.29 is 9.53 Å². The Bertz CT molecular complexity index is 672. The van der Waals surface area contributed by atoms with Crippen LogP contribution in [0.3, 0.4) is 0 Å². The number of amides is 1. The van der Waals surface area contributed by atoms with Crippen molar-refractivity contribution in [3.05, 3.63) is 60.2 Å². The Labute approximate surface area is 141 Å². The molecule has 0 radical (unpaired) electrons. The Hall–Kier alpha value is -2.40. The number of anilines is 1. The van der Waals surface area contributed by atoms with Gasteiger partial charge in [0.25, 0.3) is 0 Å². The van der Waals surface area contributed by atoms with Crippen molar-refractivity contribution in [3.8, 4) is 5.75 Å². The average molecular weight is 328 g/mol. The van der Waals surface area contributed by atoms with Crippen LogP contribution in [0.1, 0.15) is 19.4 Å². The number of nitrogens with one attached hydrogen (secondary N) is 2. The molecule has 0 aliphatic heterocycles. The van der Waals surface area contributed by atoms with E-state index in [1.165, 1.54) is 0 Å². The van der Waals surface area contributed by atoms with Gasteiger partial charge in [-0.2, -0.15) is 0 Å². The zero-order valence-electron chi connectivity index (χ0n) is 13.2. The van der Waals surface area contributed by atoms with Crippen LogP contribution in [0.5, 0.6) is 5.75 Å². The molecule has 2 rings (SSSR count). The van der Waals surface area contributed by atoms with E-state index in [9.17, 15) is 4.79 Å². The normalized spacial score (nSPS) is 10.2. The number of thiocarbonyl (C=S) groups is 1. The summed E-state index contributed by atoms with van der Waals surface area (Å²) < 4.78 is 5.71. The van der Waals surface area contributed by atoms with Crippen LogP contribution in [-0.4, -0.2) is 17.1 Å². The topological polar surface area (TPSA) is 50.4 Å². The zero-order valence-corrected chi connectivity index (χ0v) is 14.0. The molecule has 0 bridgehead atoms. The van der Waals surface area contributed by atoms with Gasteiger partial charge in [0.15, 0.2) is 5.11 Å². The molecule has 0 atom stereocenters. The van der Waals surface area contributed by atoms with E-state index in [0.29, 0.717) is 5.75 Å². The minimum Gasteiger partial charge on any atom is -0.489 e. The van der Waals surface area contributed by atoms with Crippen LogP contribution in [0.15, 0.2) is 54.6 Å². The van der Waals surface area contributed by atoms with Crippen molar-refractivity contribution in [2.24, 2.45) is 0 Å². The second-order valence-corrected chi connectivity index (χ2v) is 5.74. The van der Waals surface area contributed by atoms with Crippen LogP contribution in [0.4, 0.5) is 5.69 Å². The minimum absolute atomic E-state index is 0.0548. The predicted molar refractivity (Wildman–Crippen MR) is 96.7 cm³/mol. The summed E-state index contributed by atoms with van der Waals surface area (Å²) in [6.45, 7) is 3.91. The number of rotatable bonds is 5. The van der Waals surface area contributed by atoms with Crippen molar-refractivity contribution in [1.82, 2.24) is 5.32 Å². The first-order valence-corrected chi connectivity index (χ1v) is 7.86. The Balaban J connectivity index is 1.93. The lowest BCUT2D eigenvalue weighted by atomic mass is 10.1. The third kappa shape index (κ3) is 5.71. The molecule has 5 heteroatoms. The smallest absolute Gasteiger partial charge is 0.230 e. The summed E-state index contributed by atoms with van der Waals surface area (Å²) in [5, 5.41) is 5.95. The van der Waals surface area contributed by atoms with E-state index in [-0.39, 0.29) is 23.5 Å². The Kier molecular flexibility index (Phi) is 6.11. The number of para-hydroxylation sites is 2. The van der Waals surface area contributed by atoms with Crippen molar-refractivity contribution in [2.45, 2.75) is 26.4 Å². The first-order valence-electron chi connectivity index (χ1n) is 7.45. The van der Waals surface area contributed by atoms with Gasteiger partial charge in [-0.25, -0.2) is 0 Å². The summed E-state index contributed by atoms with van der Waals surface area (Å²) >= 11 is 5.20. The van der Waals surface area contributed by atoms with Crippen LogP contribution >= 0.6 is 12.2 Å². The molecular formula is C18H20N2O2S. The van der Waals surface area contributed by atoms with Crippen LogP contribution in [0.2, 0.25) is 0 Å². The Morgan fingerprint density at radius 3 is 2.43 bits per heavy atom. The molecule has 1 amide bonds. The lowest BCUT2D eigenvalue weighted by molar-refractivity contribution is -0.119. The van der Waals surface area contributed by atoms with Gasteiger partial charge in [-0.05, 0) is 43.8 Å². The molecule has 0 saturated carbocycles. The van der Waals surface area contributed by atoms with Gasteiger partial charge in [-0.15, -0.1) is 0 Å². The van der Waals surface area contributed by atoms with E-state index >= 15 is 0 Å². The van der Waals surface area contributed by atoms with Gasteiger partial charge in [-0.1, -0.05) is 42.5 Å². The number of hydrogen-bond donors (Lipinski definition) is 2. The van der Waals surface area contributed by atoms with Crippen LogP contribution < -0.4 is 15.4 Å². The zero-order chi connectivity index (χ0) is 16.7. The molecule has 0 unspecified atom stereocenters. The first kappa shape index (κ1) is 17.0. The molecule has 0 aromatic heterocycles. The summed E-state index contributed by atoms with van der Waals surface area (Å²) in [5.41, 5.74) is 1.67. The van der Waals surface area contributed by atoms with E-state index in [1.54, 1.807) is 0 Å². The molecular weight excluding hydrogens is 308 g/mol. The lowest BCUT2D eigenvalue weighted by Gasteiger charge is -2.16. The van der Waals surface area contributed by atoms with Crippen molar-refractivity contribution >= 4 is 28.9 Å². The molecule has 4 nitrogen and oxygen atoms in total. The molecule has 2 aromatic carbocycles. The number of benzene rings is 2. The highest BCUT2D eigenvalue weighted by atomic mass is 32.1. The number of hydrogen-bond acceptors (Lipinski definition) is 3. The van der Waals surface area contributed by atoms with Crippen molar-refractivity contribution in [2.75, 3.05) is 5.32 Å². The lowest BCUT2D eigenvalue weighted by Crippen LogP contribution is -2.35. The maximum atomic E-state index is 12.0. The molecule has 0 aliphatic rings. The van der Waals surface area contributed by atoms with Gasteiger partial charge >= 0.3 is 0 Å². The van der Waals surface area contributed by atoms with E-state index in [1.807, 2.05) is 68.4 Å². The summed E-state index contributed by atoms with van der Waals surface area (Å²) in [4.78, 5) is 12.0. The summed E-state index contributed by atoms with van der Waals surface area (Å²) in [5.74, 6) is 0.540. The van der Waals surface area contributed by atoms with Gasteiger partial charge in [0.1, 0.15) is 5.75 Å². The predicted octanol–water partition coefficient (Wildman–Crippen LogP) is 3.53. The summed E-state index contributed by atoms with van der Waals surface area (Å²) in [7, 11) is 0. The van der Waals surface area contributed by atoms with Crippen molar-refractivity contribution in [3.63, 3.8) is 0 Å². The fourth-order valence-electron chi connectivity index (χ4n) is 2.03. The fourth-order valence-corrected chi connectivity index (χ4v) is 2.26. The quantitative estimate of drug-likeness (QED) is 0.825.